The molecule has 1 heterocycles. The van der Waals surface area contributed by atoms with Crippen molar-refractivity contribution in [2.24, 2.45) is 0 Å². The van der Waals surface area contributed by atoms with Crippen LogP contribution < -0.4 is 15.5 Å². The van der Waals surface area contributed by atoms with Gasteiger partial charge in [-0.05, 0) is 43.2 Å². The molecule has 3 rings (SSSR count). The third-order valence-corrected chi connectivity index (χ3v) is 4.25. The van der Waals surface area contributed by atoms with Crippen LogP contribution in [0.4, 0.5) is 23.1 Å². The maximum atomic E-state index is 4.58. The molecule has 1 saturated carbocycles. The molecule has 122 valence electrons. The fourth-order valence-corrected chi connectivity index (χ4v) is 2.93. The summed E-state index contributed by atoms with van der Waals surface area (Å²) in [5, 5.41) is 6.80. The van der Waals surface area contributed by atoms with Crippen LogP contribution in [0.2, 0.25) is 0 Å². The highest BCUT2D eigenvalue weighted by Crippen LogP contribution is 2.22. The minimum atomic E-state index is 0.547. The Bertz CT molecular complexity index is 618. The molecule has 0 bridgehead atoms. The van der Waals surface area contributed by atoms with Gasteiger partial charge in [0.25, 0.3) is 0 Å². The molecule has 0 aliphatic heterocycles. The average Bonchev–Trinajstić information content (AvgIpc) is 2.57. The van der Waals surface area contributed by atoms with Gasteiger partial charge in [0.15, 0.2) is 0 Å². The van der Waals surface area contributed by atoms with Crippen LogP contribution >= 0.6 is 0 Å². The van der Waals surface area contributed by atoms with Crippen molar-refractivity contribution in [1.82, 2.24) is 9.97 Å². The van der Waals surface area contributed by atoms with E-state index in [1.807, 2.05) is 32.3 Å². The van der Waals surface area contributed by atoms with Gasteiger partial charge in [-0.3, -0.25) is 0 Å². The van der Waals surface area contributed by atoms with Gasteiger partial charge in [-0.25, -0.2) is 4.98 Å². The van der Waals surface area contributed by atoms with E-state index in [-0.39, 0.29) is 0 Å². The number of benzene rings is 1. The molecule has 0 unspecified atom stereocenters. The SMILES string of the molecule is CN(C)c1ccc(Nc2nccc(NC3CCCCC3)n2)cc1. The van der Waals surface area contributed by atoms with Crippen LogP contribution in [-0.2, 0) is 0 Å². The van der Waals surface area contributed by atoms with Gasteiger partial charge >= 0.3 is 0 Å². The number of aromatic nitrogens is 2. The maximum absolute atomic E-state index is 4.58. The molecular weight excluding hydrogens is 286 g/mol. The molecule has 1 aliphatic carbocycles. The quantitative estimate of drug-likeness (QED) is 0.873. The number of hydrogen-bond donors (Lipinski definition) is 2. The van der Waals surface area contributed by atoms with Crippen LogP contribution in [0.25, 0.3) is 0 Å². The first-order valence-electron chi connectivity index (χ1n) is 8.35. The van der Waals surface area contributed by atoms with E-state index in [9.17, 15) is 0 Å². The van der Waals surface area contributed by atoms with Crippen molar-refractivity contribution in [2.75, 3.05) is 29.6 Å². The standard InChI is InChI=1S/C18H25N5/c1-23(2)16-10-8-15(9-11-16)21-18-19-13-12-17(22-18)20-14-6-4-3-5-7-14/h8-14H,3-7H2,1-2H3,(H2,19,20,21,22). The van der Waals surface area contributed by atoms with Gasteiger partial charge in [0.05, 0.1) is 0 Å². The zero-order chi connectivity index (χ0) is 16.1. The van der Waals surface area contributed by atoms with Crippen molar-refractivity contribution >= 4 is 23.1 Å². The molecule has 0 amide bonds. The van der Waals surface area contributed by atoms with Crippen molar-refractivity contribution < 1.29 is 0 Å². The minimum absolute atomic E-state index is 0.547. The van der Waals surface area contributed by atoms with E-state index < -0.39 is 0 Å². The van der Waals surface area contributed by atoms with E-state index in [1.165, 1.54) is 37.8 Å². The second-order valence-electron chi connectivity index (χ2n) is 6.31. The molecule has 2 N–H and O–H groups in total. The number of rotatable bonds is 5. The van der Waals surface area contributed by atoms with E-state index in [4.69, 9.17) is 0 Å². The lowest BCUT2D eigenvalue weighted by atomic mass is 9.95. The Morgan fingerprint density at radius 2 is 1.74 bits per heavy atom. The molecule has 23 heavy (non-hydrogen) atoms. The summed E-state index contributed by atoms with van der Waals surface area (Å²) in [5.74, 6) is 1.53. The Balaban J connectivity index is 1.64. The number of hydrogen-bond acceptors (Lipinski definition) is 5. The van der Waals surface area contributed by atoms with Gasteiger partial charge in [0.1, 0.15) is 5.82 Å². The predicted octanol–water partition coefficient (Wildman–Crippen LogP) is 4.03. The summed E-state index contributed by atoms with van der Waals surface area (Å²) in [6.07, 6.45) is 8.25. The molecule has 0 atom stereocenters. The van der Waals surface area contributed by atoms with Crippen molar-refractivity contribution in [3.05, 3.63) is 36.5 Å². The fourth-order valence-electron chi connectivity index (χ4n) is 2.93. The zero-order valence-electron chi connectivity index (χ0n) is 13.9. The topological polar surface area (TPSA) is 53.1 Å². The smallest absolute Gasteiger partial charge is 0.229 e. The molecule has 1 fully saturated rings. The van der Waals surface area contributed by atoms with E-state index >= 15 is 0 Å². The Hall–Kier alpha value is -2.30. The molecular formula is C18H25N5. The Morgan fingerprint density at radius 1 is 1.00 bits per heavy atom. The molecule has 0 spiro atoms. The molecule has 1 aliphatic rings. The van der Waals surface area contributed by atoms with Gasteiger partial charge < -0.3 is 15.5 Å². The van der Waals surface area contributed by atoms with Crippen molar-refractivity contribution in [3.63, 3.8) is 0 Å². The van der Waals surface area contributed by atoms with E-state index in [0.29, 0.717) is 12.0 Å². The largest absolute Gasteiger partial charge is 0.378 e. The van der Waals surface area contributed by atoms with Gasteiger partial charge in [0.2, 0.25) is 5.95 Å². The first kappa shape index (κ1) is 15.6. The molecule has 2 aromatic rings. The summed E-state index contributed by atoms with van der Waals surface area (Å²) in [4.78, 5) is 11.0. The lowest BCUT2D eigenvalue weighted by Crippen LogP contribution is -2.22. The molecule has 1 aromatic heterocycles. The first-order valence-corrected chi connectivity index (χ1v) is 8.35. The fraction of sp³-hybridized carbons (Fsp3) is 0.444. The molecule has 0 radical (unpaired) electrons. The van der Waals surface area contributed by atoms with Crippen LogP contribution in [-0.4, -0.2) is 30.1 Å². The van der Waals surface area contributed by atoms with Gasteiger partial charge in [-0.1, -0.05) is 19.3 Å². The molecule has 5 heteroatoms. The lowest BCUT2D eigenvalue weighted by molar-refractivity contribution is 0.462. The van der Waals surface area contributed by atoms with Crippen LogP contribution in [0, 0.1) is 0 Å². The van der Waals surface area contributed by atoms with Crippen molar-refractivity contribution in [3.8, 4) is 0 Å². The average molecular weight is 311 g/mol. The Labute approximate surface area is 138 Å². The highest BCUT2D eigenvalue weighted by atomic mass is 15.1. The van der Waals surface area contributed by atoms with Crippen LogP contribution in [0.1, 0.15) is 32.1 Å². The third-order valence-electron chi connectivity index (χ3n) is 4.25. The summed E-state index contributed by atoms with van der Waals surface area (Å²) >= 11 is 0. The monoisotopic (exact) mass is 311 g/mol. The summed E-state index contributed by atoms with van der Waals surface area (Å²) in [5.41, 5.74) is 2.16. The Morgan fingerprint density at radius 3 is 2.43 bits per heavy atom. The van der Waals surface area contributed by atoms with Gasteiger partial charge in [-0.15, -0.1) is 0 Å². The van der Waals surface area contributed by atoms with Gasteiger partial charge in [0, 0.05) is 37.7 Å². The third kappa shape index (κ3) is 4.34. The van der Waals surface area contributed by atoms with Crippen LogP contribution in [0.5, 0.6) is 0 Å². The predicted molar refractivity (Wildman–Crippen MR) is 96.6 cm³/mol. The second-order valence-corrected chi connectivity index (χ2v) is 6.31. The number of nitrogens with zero attached hydrogens (tertiary/aromatic N) is 3. The number of anilines is 4. The molecule has 0 saturated heterocycles. The minimum Gasteiger partial charge on any atom is -0.378 e. The van der Waals surface area contributed by atoms with Gasteiger partial charge in [-0.2, -0.15) is 4.98 Å². The number of nitrogens with one attached hydrogen (secondary N) is 2. The van der Waals surface area contributed by atoms with E-state index in [2.05, 4.69) is 37.6 Å². The highest BCUT2D eigenvalue weighted by Gasteiger charge is 2.13. The molecule has 1 aromatic carbocycles. The molecule has 5 nitrogen and oxygen atoms in total. The Kier molecular flexibility index (Phi) is 4.95. The van der Waals surface area contributed by atoms with E-state index in [0.717, 1.165) is 11.5 Å². The zero-order valence-corrected chi connectivity index (χ0v) is 13.9. The summed E-state index contributed by atoms with van der Waals surface area (Å²) in [7, 11) is 4.07. The summed E-state index contributed by atoms with van der Waals surface area (Å²) < 4.78 is 0. The first-order chi connectivity index (χ1) is 11.2. The highest BCUT2D eigenvalue weighted by molar-refractivity contribution is 5.59. The van der Waals surface area contributed by atoms with Crippen molar-refractivity contribution in [1.29, 1.82) is 0 Å². The second kappa shape index (κ2) is 7.31. The summed E-state index contributed by atoms with van der Waals surface area (Å²) in [6, 6.07) is 10.7. The maximum Gasteiger partial charge on any atom is 0.229 e. The lowest BCUT2D eigenvalue weighted by Gasteiger charge is -2.23. The summed E-state index contributed by atoms with van der Waals surface area (Å²) in [6.45, 7) is 0. The van der Waals surface area contributed by atoms with Crippen LogP contribution in [0.15, 0.2) is 36.5 Å². The van der Waals surface area contributed by atoms with Crippen LogP contribution in [0.3, 0.4) is 0 Å². The van der Waals surface area contributed by atoms with Crippen molar-refractivity contribution in [2.45, 2.75) is 38.1 Å². The normalized spacial score (nSPS) is 15.2. The van der Waals surface area contributed by atoms with E-state index in [1.54, 1.807) is 6.20 Å².